The Morgan fingerprint density at radius 1 is 1.37 bits per heavy atom. The molecule has 8 heteroatoms. The Kier molecular flexibility index (Phi) is 4.56. The zero-order valence-electron chi connectivity index (χ0n) is 10.2. The van der Waals surface area contributed by atoms with Gasteiger partial charge >= 0.3 is 0 Å². The summed E-state index contributed by atoms with van der Waals surface area (Å²) < 4.78 is 33.5. The molecule has 2 rings (SSSR count). The van der Waals surface area contributed by atoms with Crippen molar-refractivity contribution in [1.82, 2.24) is 4.72 Å². The Hall–Kier alpha value is -0.150. The van der Waals surface area contributed by atoms with Gasteiger partial charge in [-0.2, -0.15) is 0 Å². The summed E-state index contributed by atoms with van der Waals surface area (Å²) >= 11 is 6.50. The number of rotatable bonds is 4. The van der Waals surface area contributed by atoms with Gasteiger partial charge in [-0.1, -0.05) is 15.9 Å². The van der Waals surface area contributed by atoms with Crippen molar-refractivity contribution in [2.75, 3.05) is 12.8 Å². The predicted molar refractivity (Wildman–Crippen MR) is 80.4 cm³/mol. The second kappa shape index (κ2) is 5.69. The highest BCUT2D eigenvalue weighted by atomic mass is 79.9. The minimum absolute atomic E-state index is 0.0802. The van der Waals surface area contributed by atoms with E-state index in [1.807, 2.05) is 0 Å². The maximum atomic E-state index is 12.3. The summed E-state index contributed by atoms with van der Waals surface area (Å²) in [6.45, 7) is 0. The smallest absolute Gasteiger partial charge is 0.244 e. The molecule has 1 aromatic carbocycles. The monoisotopic (exact) mass is 412 g/mol. The van der Waals surface area contributed by atoms with Gasteiger partial charge in [0.05, 0.1) is 11.8 Å². The normalized spacial score (nSPS) is 23.1. The van der Waals surface area contributed by atoms with E-state index in [4.69, 9.17) is 10.5 Å². The molecule has 1 fully saturated rings. The second-order valence-corrected chi connectivity index (χ2v) is 7.87. The minimum Gasteiger partial charge on any atom is -0.398 e. The van der Waals surface area contributed by atoms with Gasteiger partial charge in [-0.15, -0.1) is 0 Å². The molecular weight excluding hydrogens is 400 g/mol. The molecule has 0 spiro atoms. The van der Waals surface area contributed by atoms with Crippen LogP contribution in [0, 0.1) is 0 Å². The standard InChI is InChI=1S/C11H14Br2N2O3S/c1-18-8-4-7(5-8)15-19(16,17)11-9(13)2-6(12)3-10(11)14/h2-3,7-8,15H,4-5,14H2,1H3. The zero-order chi connectivity index (χ0) is 14.2. The lowest BCUT2D eigenvalue weighted by Crippen LogP contribution is -2.47. The van der Waals surface area contributed by atoms with Crippen LogP contribution in [0.1, 0.15) is 12.8 Å². The summed E-state index contributed by atoms with van der Waals surface area (Å²) in [6, 6.07) is 3.13. The summed E-state index contributed by atoms with van der Waals surface area (Å²) in [5.74, 6) is 0. The van der Waals surface area contributed by atoms with Gasteiger partial charge in [0.25, 0.3) is 0 Å². The maximum absolute atomic E-state index is 12.3. The number of nitrogens with one attached hydrogen (secondary N) is 1. The average molecular weight is 414 g/mol. The molecule has 0 atom stereocenters. The van der Waals surface area contributed by atoms with Crippen molar-refractivity contribution >= 4 is 47.6 Å². The van der Waals surface area contributed by atoms with Gasteiger partial charge in [0, 0.05) is 22.1 Å². The number of methoxy groups -OCH3 is 1. The van der Waals surface area contributed by atoms with E-state index in [1.165, 1.54) is 0 Å². The van der Waals surface area contributed by atoms with Gasteiger partial charge in [-0.05, 0) is 40.9 Å². The van der Waals surface area contributed by atoms with Gasteiger partial charge in [-0.3, -0.25) is 0 Å². The van der Waals surface area contributed by atoms with E-state index in [0.29, 0.717) is 17.3 Å². The predicted octanol–water partition coefficient (Wildman–Crippen LogP) is 2.25. The van der Waals surface area contributed by atoms with Gasteiger partial charge in [0.1, 0.15) is 4.90 Å². The molecule has 0 saturated heterocycles. The summed E-state index contributed by atoms with van der Waals surface area (Å²) in [7, 11) is -2.00. The van der Waals surface area contributed by atoms with Crippen LogP contribution in [-0.2, 0) is 14.8 Å². The van der Waals surface area contributed by atoms with Crippen molar-refractivity contribution < 1.29 is 13.2 Å². The molecule has 0 heterocycles. The number of halogens is 2. The first-order chi connectivity index (χ1) is 8.83. The minimum atomic E-state index is -3.63. The molecule has 19 heavy (non-hydrogen) atoms. The van der Waals surface area contributed by atoms with Crippen LogP contribution >= 0.6 is 31.9 Å². The molecule has 106 valence electrons. The molecule has 1 aliphatic rings. The summed E-state index contributed by atoms with van der Waals surface area (Å²) in [6.07, 6.45) is 1.51. The SMILES string of the molecule is COC1CC(NS(=O)(=O)c2c(N)cc(Br)cc2Br)C1. The van der Waals surface area contributed by atoms with E-state index in [9.17, 15) is 8.42 Å². The Bertz CT molecular complexity index is 563. The zero-order valence-corrected chi connectivity index (χ0v) is 14.2. The quantitative estimate of drug-likeness (QED) is 0.741. The fraction of sp³-hybridized carbons (Fsp3) is 0.455. The first-order valence-electron chi connectivity index (χ1n) is 5.63. The van der Waals surface area contributed by atoms with Crippen LogP contribution in [0.4, 0.5) is 5.69 Å². The number of sulfonamides is 1. The topological polar surface area (TPSA) is 81.4 Å². The van der Waals surface area contributed by atoms with Crippen molar-refractivity contribution in [2.24, 2.45) is 0 Å². The van der Waals surface area contributed by atoms with E-state index in [1.54, 1.807) is 19.2 Å². The van der Waals surface area contributed by atoms with E-state index in [0.717, 1.165) is 4.47 Å². The largest absolute Gasteiger partial charge is 0.398 e. The van der Waals surface area contributed by atoms with Crippen LogP contribution in [0.5, 0.6) is 0 Å². The lowest BCUT2D eigenvalue weighted by Gasteiger charge is -2.34. The third kappa shape index (κ3) is 3.30. The molecule has 1 aliphatic carbocycles. The maximum Gasteiger partial charge on any atom is 0.244 e. The number of anilines is 1. The lowest BCUT2D eigenvalue weighted by molar-refractivity contribution is 0.0236. The Morgan fingerprint density at radius 2 is 2.00 bits per heavy atom. The molecule has 0 bridgehead atoms. The fourth-order valence-electron chi connectivity index (χ4n) is 2.00. The highest BCUT2D eigenvalue weighted by molar-refractivity contribution is 9.11. The van der Waals surface area contributed by atoms with Crippen molar-refractivity contribution in [3.63, 3.8) is 0 Å². The number of nitrogen functional groups attached to an aromatic ring is 1. The average Bonchev–Trinajstić information content (AvgIpc) is 2.20. The van der Waals surface area contributed by atoms with Gasteiger partial charge in [-0.25, -0.2) is 13.1 Å². The summed E-state index contributed by atoms with van der Waals surface area (Å²) in [4.78, 5) is 0.0802. The summed E-state index contributed by atoms with van der Waals surface area (Å²) in [5, 5.41) is 0. The first kappa shape index (κ1) is 15.2. The molecule has 0 amide bonds. The van der Waals surface area contributed by atoms with Crippen LogP contribution < -0.4 is 10.5 Å². The Balaban J connectivity index is 2.21. The number of benzene rings is 1. The third-order valence-electron chi connectivity index (χ3n) is 3.06. The molecule has 1 aromatic rings. The highest BCUT2D eigenvalue weighted by Gasteiger charge is 2.34. The van der Waals surface area contributed by atoms with Crippen LogP contribution in [0.15, 0.2) is 26.0 Å². The number of ether oxygens (including phenoxy) is 1. The van der Waals surface area contributed by atoms with Crippen molar-refractivity contribution in [1.29, 1.82) is 0 Å². The van der Waals surface area contributed by atoms with Crippen LogP contribution in [-0.4, -0.2) is 27.7 Å². The third-order valence-corrected chi connectivity index (χ3v) is 6.04. The van der Waals surface area contributed by atoms with E-state index in [-0.39, 0.29) is 22.7 Å². The van der Waals surface area contributed by atoms with Gasteiger partial charge < -0.3 is 10.5 Å². The number of hydrogen-bond donors (Lipinski definition) is 2. The molecular formula is C11H14Br2N2O3S. The molecule has 1 saturated carbocycles. The van der Waals surface area contributed by atoms with E-state index < -0.39 is 10.0 Å². The van der Waals surface area contributed by atoms with Crippen LogP contribution in [0.2, 0.25) is 0 Å². The molecule has 5 nitrogen and oxygen atoms in total. The highest BCUT2D eigenvalue weighted by Crippen LogP contribution is 2.33. The summed E-state index contributed by atoms with van der Waals surface area (Å²) in [5.41, 5.74) is 6.00. The second-order valence-electron chi connectivity index (χ2n) is 4.45. The molecule has 0 aliphatic heterocycles. The van der Waals surface area contributed by atoms with Crippen LogP contribution in [0.25, 0.3) is 0 Å². The first-order valence-corrected chi connectivity index (χ1v) is 8.70. The van der Waals surface area contributed by atoms with Crippen LogP contribution in [0.3, 0.4) is 0 Å². The van der Waals surface area contributed by atoms with Crippen molar-refractivity contribution in [3.8, 4) is 0 Å². The van der Waals surface area contributed by atoms with Crippen molar-refractivity contribution in [2.45, 2.75) is 29.9 Å². The number of nitrogens with two attached hydrogens (primary N) is 1. The Morgan fingerprint density at radius 3 is 2.53 bits per heavy atom. The fourth-order valence-corrected chi connectivity index (χ4v) is 5.33. The number of hydrogen-bond acceptors (Lipinski definition) is 4. The van der Waals surface area contributed by atoms with Gasteiger partial charge in [0.2, 0.25) is 10.0 Å². The van der Waals surface area contributed by atoms with E-state index >= 15 is 0 Å². The Labute approximate surface area is 129 Å². The van der Waals surface area contributed by atoms with E-state index in [2.05, 4.69) is 36.6 Å². The van der Waals surface area contributed by atoms with Crippen molar-refractivity contribution in [3.05, 3.63) is 21.1 Å². The molecule has 0 aromatic heterocycles. The van der Waals surface area contributed by atoms with Gasteiger partial charge in [0.15, 0.2) is 0 Å². The molecule has 0 radical (unpaired) electrons. The molecule has 0 unspecified atom stereocenters. The molecule has 3 N–H and O–H groups in total. The lowest BCUT2D eigenvalue weighted by atomic mass is 9.90.